The predicted molar refractivity (Wildman–Crippen MR) is 87.3 cm³/mol. The maximum Gasteiger partial charge on any atom is 0.223 e. The second-order valence-electron chi connectivity index (χ2n) is 6.55. The highest BCUT2D eigenvalue weighted by molar-refractivity contribution is 7.09. The van der Waals surface area contributed by atoms with Gasteiger partial charge < -0.3 is 5.32 Å². The fraction of sp³-hybridized carbons (Fsp3) is 0.706. The van der Waals surface area contributed by atoms with Gasteiger partial charge in [0.2, 0.25) is 5.91 Å². The Morgan fingerprint density at radius 1 is 1.29 bits per heavy atom. The zero-order chi connectivity index (χ0) is 14.5. The van der Waals surface area contributed by atoms with E-state index in [2.05, 4.69) is 27.7 Å². The Bertz CT molecular complexity index is 440. The lowest BCUT2D eigenvalue weighted by Gasteiger charge is -2.32. The monoisotopic (exact) mass is 306 g/mol. The van der Waals surface area contributed by atoms with E-state index < -0.39 is 0 Å². The standard InChI is InChI=1S/C17H26N2OS/c20-17(15-6-1-2-7-15)18-11-14-5-3-9-19(12-14)13-16-8-4-10-21-16/h4,8,10,14-15H,1-3,5-7,9,11-13H2,(H,18,20)/t14-/m1/s1. The first kappa shape index (κ1) is 15.0. The number of carbonyl (C=O) groups is 1. The molecule has 4 heteroatoms. The third-order valence-electron chi connectivity index (χ3n) is 4.85. The van der Waals surface area contributed by atoms with Crippen molar-refractivity contribution in [1.82, 2.24) is 10.2 Å². The molecule has 1 atom stereocenters. The summed E-state index contributed by atoms with van der Waals surface area (Å²) in [5, 5.41) is 5.36. The van der Waals surface area contributed by atoms with E-state index in [-0.39, 0.29) is 0 Å². The molecule has 116 valence electrons. The van der Waals surface area contributed by atoms with Crippen LogP contribution in [0.3, 0.4) is 0 Å². The van der Waals surface area contributed by atoms with E-state index >= 15 is 0 Å². The average molecular weight is 306 g/mol. The van der Waals surface area contributed by atoms with Crippen LogP contribution in [0.1, 0.15) is 43.4 Å². The maximum absolute atomic E-state index is 12.1. The van der Waals surface area contributed by atoms with Crippen molar-refractivity contribution in [1.29, 1.82) is 0 Å². The molecule has 1 saturated carbocycles. The van der Waals surface area contributed by atoms with Crippen LogP contribution in [-0.4, -0.2) is 30.4 Å². The van der Waals surface area contributed by atoms with Crippen LogP contribution in [0.25, 0.3) is 0 Å². The third-order valence-corrected chi connectivity index (χ3v) is 5.71. The number of likely N-dealkylation sites (tertiary alicyclic amines) is 1. The smallest absolute Gasteiger partial charge is 0.223 e. The van der Waals surface area contributed by atoms with E-state index in [0.29, 0.717) is 17.7 Å². The molecule has 2 fully saturated rings. The van der Waals surface area contributed by atoms with E-state index in [4.69, 9.17) is 0 Å². The van der Waals surface area contributed by atoms with Crippen molar-refractivity contribution in [3.63, 3.8) is 0 Å². The average Bonchev–Trinajstić information content (AvgIpc) is 3.18. The third kappa shape index (κ3) is 4.30. The van der Waals surface area contributed by atoms with Crippen LogP contribution < -0.4 is 5.32 Å². The highest BCUT2D eigenvalue weighted by Gasteiger charge is 2.25. The highest BCUT2D eigenvalue weighted by Crippen LogP contribution is 2.25. The van der Waals surface area contributed by atoms with Crippen LogP contribution >= 0.6 is 11.3 Å². The SMILES string of the molecule is O=C(NC[C@H]1CCCN(Cc2cccs2)C1)C1CCCC1. The molecule has 1 aromatic rings. The summed E-state index contributed by atoms with van der Waals surface area (Å²) < 4.78 is 0. The van der Waals surface area contributed by atoms with Crippen LogP contribution in [0.2, 0.25) is 0 Å². The largest absolute Gasteiger partial charge is 0.356 e. The number of carbonyl (C=O) groups excluding carboxylic acids is 1. The first-order valence-corrected chi connectivity index (χ1v) is 9.21. The number of hydrogen-bond acceptors (Lipinski definition) is 3. The summed E-state index contributed by atoms with van der Waals surface area (Å²) in [5.74, 6) is 1.24. The molecular formula is C17H26N2OS. The molecule has 21 heavy (non-hydrogen) atoms. The molecule has 2 heterocycles. The van der Waals surface area contributed by atoms with Gasteiger partial charge in [-0.3, -0.25) is 9.69 Å². The number of thiophene rings is 1. The van der Waals surface area contributed by atoms with E-state index in [1.54, 1.807) is 0 Å². The lowest BCUT2D eigenvalue weighted by molar-refractivity contribution is -0.125. The minimum absolute atomic E-state index is 0.302. The van der Waals surface area contributed by atoms with Gasteiger partial charge in [0.05, 0.1) is 0 Å². The van der Waals surface area contributed by atoms with E-state index in [1.165, 1.54) is 37.1 Å². The van der Waals surface area contributed by atoms with Gasteiger partial charge in [-0.2, -0.15) is 0 Å². The Morgan fingerprint density at radius 3 is 2.90 bits per heavy atom. The summed E-state index contributed by atoms with van der Waals surface area (Å²) in [6.07, 6.45) is 7.18. The number of nitrogens with one attached hydrogen (secondary N) is 1. The highest BCUT2D eigenvalue weighted by atomic mass is 32.1. The molecule has 1 aliphatic carbocycles. The van der Waals surface area contributed by atoms with Crippen LogP contribution in [-0.2, 0) is 11.3 Å². The van der Waals surface area contributed by atoms with Crippen molar-refractivity contribution in [3.8, 4) is 0 Å². The van der Waals surface area contributed by atoms with Crippen molar-refractivity contribution in [2.75, 3.05) is 19.6 Å². The molecule has 1 saturated heterocycles. The van der Waals surface area contributed by atoms with Crippen molar-refractivity contribution in [2.45, 2.75) is 45.1 Å². The normalized spacial score (nSPS) is 24.3. The minimum Gasteiger partial charge on any atom is -0.356 e. The Balaban J connectivity index is 1.42. The van der Waals surface area contributed by atoms with Crippen LogP contribution in [0, 0.1) is 11.8 Å². The first-order chi connectivity index (χ1) is 10.3. The number of amides is 1. The zero-order valence-electron chi connectivity index (χ0n) is 12.7. The minimum atomic E-state index is 0.302. The first-order valence-electron chi connectivity index (χ1n) is 8.33. The molecule has 0 unspecified atom stereocenters. The molecule has 1 amide bonds. The molecule has 1 aromatic heterocycles. The van der Waals surface area contributed by atoms with E-state index in [1.807, 2.05) is 11.3 Å². The van der Waals surface area contributed by atoms with Gasteiger partial charge in [-0.05, 0) is 49.6 Å². The zero-order valence-corrected chi connectivity index (χ0v) is 13.5. The van der Waals surface area contributed by atoms with Crippen LogP contribution in [0.4, 0.5) is 0 Å². The summed E-state index contributed by atoms with van der Waals surface area (Å²) in [5.41, 5.74) is 0. The van der Waals surface area contributed by atoms with Crippen LogP contribution in [0.5, 0.6) is 0 Å². The van der Waals surface area contributed by atoms with Gasteiger partial charge in [0, 0.05) is 30.4 Å². The van der Waals surface area contributed by atoms with Gasteiger partial charge in [-0.15, -0.1) is 11.3 Å². The van der Waals surface area contributed by atoms with E-state index in [9.17, 15) is 4.79 Å². The number of hydrogen-bond donors (Lipinski definition) is 1. The quantitative estimate of drug-likeness (QED) is 0.905. The summed E-state index contributed by atoms with van der Waals surface area (Å²) in [6, 6.07) is 4.35. The van der Waals surface area contributed by atoms with Crippen LogP contribution in [0.15, 0.2) is 17.5 Å². The Labute approximate surface area is 131 Å². The Hall–Kier alpha value is -0.870. The molecule has 3 rings (SSSR count). The predicted octanol–water partition coefficient (Wildman–Crippen LogP) is 3.27. The molecule has 0 spiro atoms. The number of rotatable bonds is 5. The molecule has 3 nitrogen and oxygen atoms in total. The molecule has 1 N–H and O–H groups in total. The maximum atomic E-state index is 12.1. The van der Waals surface area contributed by atoms with Gasteiger partial charge in [-0.1, -0.05) is 18.9 Å². The Morgan fingerprint density at radius 2 is 2.14 bits per heavy atom. The molecule has 0 bridgehead atoms. The van der Waals surface area contributed by atoms with Gasteiger partial charge in [0.25, 0.3) is 0 Å². The molecule has 2 aliphatic rings. The second-order valence-corrected chi connectivity index (χ2v) is 7.58. The van der Waals surface area contributed by atoms with Gasteiger partial charge >= 0.3 is 0 Å². The molecule has 0 radical (unpaired) electrons. The van der Waals surface area contributed by atoms with Gasteiger partial charge in [0.1, 0.15) is 0 Å². The lowest BCUT2D eigenvalue weighted by atomic mass is 9.97. The van der Waals surface area contributed by atoms with Crippen molar-refractivity contribution >= 4 is 17.2 Å². The van der Waals surface area contributed by atoms with Crippen molar-refractivity contribution in [3.05, 3.63) is 22.4 Å². The number of nitrogens with zero attached hydrogens (tertiary/aromatic N) is 1. The van der Waals surface area contributed by atoms with Crippen molar-refractivity contribution in [2.24, 2.45) is 11.8 Å². The Kier molecular flexibility index (Phi) is 5.31. The van der Waals surface area contributed by atoms with Gasteiger partial charge in [0.15, 0.2) is 0 Å². The fourth-order valence-corrected chi connectivity index (χ4v) is 4.41. The van der Waals surface area contributed by atoms with Crippen molar-refractivity contribution < 1.29 is 4.79 Å². The fourth-order valence-electron chi connectivity index (χ4n) is 3.66. The second kappa shape index (κ2) is 7.41. The lowest BCUT2D eigenvalue weighted by Crippen LogP contribution is -2.41. The summed E-state index contributed by atoms with van der Waals surface area (Å²) in [6.45, 7) is 4.27. The summed E-state index contributed by atoms with van der Waals surface area (Å²) >= 11 is 1.84. The molecular weight excluding hydrogens is 280 g/mol. The summed E-state index contributed by atoms with van der Waals surface area (Å²) in [7, 11) is 0. The van der Waals surface area contributed by atoms with Gasteiger partial charge in [-0.25, -0.2) is 0 Å². The molecule has 1 aliphatic heterocycles. The molecule has 0 aromatic carbocycles. The topological polar surface area (TPSA) is 32.3 Å². The number of piperidine rings is 1. The summed E-state index contributed by atoms with van der Waals surface area (Å²) in [4.78, 5) is 16.1. The van der Waals surface area contributed by atoms with E-state index in [0.717, 1.165) is 32.5 Å².